The molecule has 5 heteroatoms. The van der Waals surface area contributed by atoms with Crippen molar-refractivity contribution in [3.63, 3.8) is 0 Å². The Kier molecular flexibility index (Phi) is 8.19. The van der Waals surface area contributed by atoms with Crippen molar-refractivity contribution >= 4 is 16.9 Å². The summed E-state index contributed by atoms with van der Waals surface area (Å²) in [6.07, 6.45) is 3.66. The molecule has 0 aliphatic carbocycles. The van der Waals surface area contributed by atoms with E-state index in [1.807, 2.05) is 37.3 Å². The van der Waals surface area contributed by atoms with E-state index >= 15 is 0 Å². The van der Waals surface area contributed by atoms with Crippen molar-refractivity contribution in [2.75, 3.05) is 13.2 Å². The molecule has 0 spiro atoms. The predicted octanol–water partition coefficient (Wildman–Crippen LogP) is 6.18. The molecule has 0 aliphatic heterocycles. The number of para-hydroxylation sites is 3. The highest BCUT2D eigenvalue weighted by Gasteiger charge is 2.12. The SMILES string of the molecule is Cc1ccccc1C(=O)NCCCc1nc2ccccc2n1CCCCOc1c(C)cccc1C. The Morgan fingerprint density at radius 1 is 0.857 bits per heavy atom. The van der Waals surface area contributed by atoms with Crippen LogP contribution in [0.3, 0.4) is 0 Å². The number of carbonyl (C=O) groups is 1. The van der Waals surface area contributed by atoms with Gasteiger partial charge in [-0.25, -0.2) is 4.98 Å². The molecule has 1 N–H and O–H groups in total. The third-order valence-electron chi connectivity index (χ3n) is 6.42. The zero-order valence-corrected chi connectivity index (χ0v) is 21.0. The Labute approximate surface area is 208 Å². The van der Waals surface area contributed by atoms with Gasteiger partial charge < -0.3 is 14.6 Å². The molecule has 0 saturated heterocycles. The van der Waals surface area contributed by atoms with E-state index in [-0.39, 0.29) is 5.91 Å². The second-order valence-electron chi connectivity index (χ2n) is 9.12. The fraction of sp³-hybridized carbons (Fsp3) is 0.333. The van der Waals surface area contributed by atoms with Gasteiger partial charge in [-0.1, -0.05) is 48.5 Å². The normalized spacial score (nSPS) is 11.1. The summed E-state index contributed by atoms with van der Waals surface area (Å²) >= 11 is 0. The second-order valence-corrected chi connectivity index (χ2v) is 9.12. The summed E-state index contributed by atoms with van der Waals surface area (Å²) in [5.74, 6) is 2.07. The number of ether oxygens (including phenoxy) is 1. The number of nitrogens with one attached hydrogen (secondary N) is 1. The molecule has 0 fully saturated rings. The van der Waals surface area contributed by atoms with E-state index in [9.17, 15) is 4.79 Å². The molecule has 1 aromatic heterocycles. The summed E-state index contributed by atoms with van der Waals surface area (Å²) in [4.78, 5) is 17.4. The number of hydrogen-bond acceptors (Lipinski definition) is 3. The minimum atomic E-state index is -0.0134. The number of hydrogen-bond donors (Lipinski definition) is 1. The van der Waals surface area contributed by atoms with Crippen molar-refractivity contribution in [2.24, 2.45) is 0 Å². The van der Waals surface area contributed by atoms with E-state index in [0.717, 1.165) is 60.4 Å². The molecule has 0 bridgehead atoms. The standard InChI is InChI=1S/C30H35N3O2/c1-22-12-4-5-15-25(22)30(34)31-19-11-18-28-32-26-16-6-7-17-27(26)33(28)20-8-9-21-35-29-23(2)13-10-14-24(29)3/h4-7,10,12-17H,8-9,11,18-21H2,1-3H3,(H,31,34). The van der Waals surface area contributed by atoms with E-state index in [4.69, 9.17) is 9.72 Å². The first-order valence-electron chi connectivity index (χ1n) is 12.5. The average Bonchev–Trinajstić information content (AvgIpc) is 3.20. The summed E-state index contributed by atoms with van der Waals surface area (Å²) in [6, 6.07) is 22.2. The molecular formula is C30H35N3O2. The van der Waals surface area contributed by atoms with E-state index in [1.165, 1.54) is 16.6 Å². The van der Waals surface area contributed by atoms with Crippen molar-refractivity contribution in [3.8, 4) is 5.75 Å². The van der Waals surface area contributed by atoms with Gasteiger partial charge in [0.2, 0.25) is 0 Å². The van der Waals surface area contributed by atoms with Crippen LogP contribution in [0.5, 0.6) is 5.75 Å². The van der Waals surface area contributed by atoms with Crippen LogP contribution in [0.25, 0.3) is 11.0 Å². The summed E-state index contributed by atoms with van der Waals surface area (Å²) in [7, 11) is 0. The number of imidazole rings is 1. The van der Waals surface area contributed by atoms with Crippen LogP contribution >= 0.6 is 0 Å². The van der Waals surface area contributed by atoms with Gasteiger partial charge in [-0.15, -0.1) is 0 Å². The number of benzene rings is 3. The highest BCUT2D eigenvalue weighted by molar-refractivity contribution is 5.95. The Morgan fingerprint density at radius 3 is 2.37 bits per heavy atom. The summed E-state index contributed by atoms with van der Waals surface area (Å²) < 4.78 is 8.42. The van der Waals surface area contributed by atoms with E-state index in [2.05, 4.69) is 60.1 Å². The minimum absolute atomic E-state index is 0.0134. The van der Waals surface area contributed by atoms with Gasteiger partial charge in [-0.2, -0.15) is 0 Å². The Balaban J connectivity index is 1.31. The average molecular weight is 470 g/mol. The van der Waals surface area contributed by atoms with Crippen molar-refractivity contribution < 1.29 is 9.53 Å². The molecule has 3 aromatic carbocycles. The van der Waals surface area contributed by atoms with Crippen LogP contribution in [0, 0.1) is 20.8 Å². The van der Waals surface area contributed by atoms with Crippen LogP contribution in [0.4, 0.5) is 0 Å². The lowest BCUT2D eigenvalue weighted by molar-refractivity contribution is 0.0952. The molecule has 0 aliphatic rings. The Hall–Kier alpha value is -3.60. The molecule has 0 radical (unpaired) electrons. The van der Waals surface area contributed by atoms with Crippen LogP contribution in [0.2, 0.25) is 0 Å². The molecule has 4 aromatic rings. The van der Waals surface area contributed by atoms with E-state index in [0.29, 0.717) is 13.2 Å². The fourth-order valence-corrected chi connectivity index (χ4v) is 4.51. The van der Waals surface area contributed by atoms with Crippen LogP contribution in [-0.2, 0) is 13.0 Å². The van der Waals surface area contributed by atoms with Gasteiger partial charge in [0.25, 0.3) is 5.91 Å². The zero-order chi connectivity index (χ0) is 24.6. The van der Waals surface area contributed by atoms with E-state index < -0.39 is 0 Å². The highest BCUT2D eigenvalue weighted by Crippen LogP contribution is 2.23. The van der Waals surface area contributed by atoms with Gasteiger partial charge in [0.1, 0.15) is 11.6 Å². The van der Waals surface area contributed by atoms with E-state index in [1.54, 1.807) is 0 Å². The largest absolute Gasteiger partial charge is 0.493 e. The highest BCUT2D eigenvalue weighted by atomic mass is 16.5. The quantitative estimate of drug-likeness (QED) is 0.267. The number of rotatable bonds is 11. The van der Waals surface area contributed by atoms with Gasteiger partial charge in [-0.05, 0) is 74.9 Å². The third-order valence-corrected chi connectivity index (χ3v) is 6.42. The molecular weight excluding hydrogens is 434 g/mol. The monoisotopic (exact) mass is 469 g/mol. The first kappa shape index (κ1) is 24.5. The first-order chi connectivity index (χ1) is 17.0. The molecule has 4 rings (SSSR count). The van der Waals surface area contributed by atoms with Crippen molar-refractivity contribution in [1.82, 2.24) is 14.9 Å². The topological polar surface area (TPSA) is 56.2 Å². The fourth-order valence-electron chi connectivity index (χ4n) is 4.51. The number of nitrogens with zero attached hydrogens (tertiary/aromatic N) is 2. The zero-order valence-electron chi connectivity index (χ0n) is 21.0. The van der Waals surface area contributed by atoms with Crippen molar-refractivity contribution in [1.29, 1.82) is 0 Å². The number of aromatic nitrogens is 2. The van der Waals surface area contributed by atoms with Crippen LogP contribution in [-0.4, -0.2) is 28.6 Å². The number of fused-ring (bicyclic) bond motifs is 1. The summed E-state index contributed by atoms with van der Waals surface area (Å²) in [5.41, 5.74) is 6.29. The van der Waals surface area contributed by atoms with Crippen LogP contribution < -0.4 is 10.1 Å². The van der Waals surface area contributed by atoms with Crippen LogP contribution in [0.15, 0.2) is 66.7 Å². The Bertz CT molecular complexity index is 1270. The maximum atomic E-state index is 12.5. The van der Waals surface area contributed by atoms with Crippen molar-refractivity contribution in [2.45, 2.75) is 53.0 Å². The lowest BCUT2D eigenvalue weighted by atomic mass is 10.1. The molecule has 5 nitrogen and oxygen atoms in total. The second kappa shape index (κ2) is 11.7. The predicted molar refractivity (Wildman–Crippen MR) is 142 cm³/mol. The minimum Gasteiger partial charge on any atom is -0.493 e. The van der Waals surface area contributed by atoms with Crippen molar-refractivity contribution in [3.05, 3.63) is 94.8 Å². The number of aryl methyl sites for hydroxylation is 5. The van der Waals surface area contributed by atoms with Crippen LogP contribution in [0.1, 0.15) is 52.1 Å². The molecule has 0 saturated carbocycles. The third kappa shape index (κ3) is 6.10. The summed E-state index contributed by atoms with van der Waals surface area (Å²) in [6.45, 7) is 8.38. The van der Waals surface area contributed by atoms with Gasteiger partial charge in [-0.3, -0.25) is 4.79 Å². The summed E-state index contributed by atoms with van der Waals surface area (Å²) in [5, 5.41) is 3.06. The molecule has 0 unspecified atom stereocenters. The smallest absolute Gasteiger partial charge is 0.251 e. The van der Waals surface area contributed by atoms with Gasteiger partial charge in [0, 0.05) is 25.1 Å². The molecule has 1 heterocycles. The maximum absolute atomic E-state index is 12.5. The number of amides is 1. The Morgan fingerprint density at radius 2 is 1.57 bits per heavy atom. The molecule has 182 valence electrons. The number of carbonyl (C=O) groups excluding carboxylic acids is 1. The maximum Gasteiger partial charge on any atom is 0.251 e. The lowest BCUT2D eigenvalue weighted by Gasteiger charge is -2.13. The molecule has 1 amide bonds. The first-order valence-corrected chi connectivity index (χ1v) is 12.5. The molecule has 35 heavy (non-hydrogen) atoms. The van der Waals surface area contributed by atoms with Gasteiger partial charge in [0.05, 0.1) is 17.6 Å². The molecule has 0 atom stereocenters. The van der Waals surface area contributed by atoms with Gasteiger partial charge >= 0.3 is 0 Å². The number of unbranched alkanes of at least 4 members (excludes halogenated alkanes) is 1. The lowest BCUT2D eigenvalue weighted by Crippen LogP contribution is -2.25. The van der Waals surface area contributed by atoms with Gasteiger partial charge in [0.15, 0.2) is 0 Å².